The number of benzene rings is 2. The number of sulfonamides is 1. The third kappa shape index (κ3) is 6.12. The Hall–Kier alpha value is -1.25. The van der Waals surface area contributed by atoms with Gasteiger partial charge in [-0.05, 0) is 61.4 Å². The predicted octanol–water partition coefficient (Wildman–Crippen LogP) is 4.30. The van der Waals surface area contributed by atoms with E-state index in [1.54, 1.807) is 23.9 Å². The fraction of sp³-hybridized carbons (Fsp3) is 0.350. The van der Waals surface area contributed by atoms with Crippen LogP contribution in [-0.2, 0) is 14.8 Å². The number of nitrogens with one attached hydrogen (secondary N) is 1. The Balaban J connectivity index is 1.51. The van der Waals surface area contributed by atoms with Crippen molar-refractivity contribution in [2.45, 2.75) is 22.6 Å². The number of carbonyl (C=O) groups is 1. The van der Waals surface area contributed by atoms with Crippen LogP contribution in [0, 0.1) is 5.92 Å². The van der Waals surface area contributed by atoms with E-state index in [0.717, 1.165) is 10.6 Å². The van der Waals surface area contributed by atoms with Gasteiger partial charge < -0.3 is 5.32 Å². The fourth-order valence-corrected chi connectivity index (χ4v) is 5.69. The minimum atomic E-state index is -3.63. The monoisotopic (exact) mass is 472 g/mol. The zero-order valence-corrected chi connectivity index (χ0v) is 18.8. The van der Waals surface area contributed by atoms with E-state index in [1.807, 2.05) is 24.3 Å². The predicted molar refractivity (Wildman–Crippen MR) is 118 cm³/mol. The summed E-state index contributed by atoms with van der Waals surface area (Å²) in [4.78, 5) is 13.8. The topological polar surface area (TPSA) is 66.5 Å². The maximum absolute atomic E-state index is 12.8. The molecule has 0 bridgehead atoms. The fourth-order valence-electron chi connectivity index (χ4n) is 3.15. The largest absolute Gasteiger partial charge is 0.355 e. The first kappa shape index (κ1) is 22.4. The normalized spacial score (nSPS) is 17.8. The van der Waals surface area contributed by atoms with E-state index < -0.39 is 10.0 Å². The van der Waals surface area contributed by atoms with Crippen LogP contribution in [0.5, 0.6) is 0 Å². The van der Waals surface area contributed by atoms with Gasteiger partial charge in [-0.15, -0.1) is 11.8 Å². The van der Waals surface area contributed by atoms with Gasteiger partial charge in [0.2, 0.25) is 15.9 Å². The van der Waals surface area contributed by atoms with Crippen molar-refractivity contribution in [3.63, 3.8) is 0 Å². The van der Waals surface area contributed by atoms with Crippen LogP contribution in [0.1, 0.15) is 12.8 Å². The highest BCUT2D eigenvalue weighted by Crippen LogP contribution is 2.25. The Kier molecular flexibility index (Phi) is 7.87. The zero-order valence-electron chi connectivity index (χ0n) is 15.7. The highest BCUT2D eigenvalue weighted by molar-refractivity contribution is 7.99. The summed E-state index contributed by atoms with van der Waals surface area (Å²) in [5.41, 5.74) is 0. The van der Waals surface area contributed by atoms with Crippen LogP contribution in [-0.4, -0.2) is 44.0 Å². The van der Waals surface area contributed by atoms with Crippen LogP contribution in [0.2, 0.25) is 10.0 Å². The molecule has 0 aromatic heterocycles. The summed E-state index contributed by atoms with van der Waals surface area (Å²) < 4.78 is 27.1. The molecule has 1 N–H and O–H groups in total. The van der Waals surface area contributed by atoms with Gasteiger partial charge >= 0.3 is 0 Å². The van der Waals surface area contributed by atoms with Gasteiger partial charge in [-0.3, -0.25) is 4.79 Å². The first-order valence-electron chi connectivity index (χ1n) is 9.28. The van der Waals surface area contributed by atoms with Gasteiger partial charge in [0, 0.05) is 40.3 Å². The first-order chi connectivity index (χ1) is 13.9. The minimum Gasteiger partial charge on any atom is -0.355 e. The summed E-state index contributed by atoms with van der Waals surface area (Å²) in [5.74, 6) is 0.288. The average Bonchev–Trinajstić information content (AvgIpc) is 2.73. The van der Waals surface area contributed by atoms with E-state index in [9.17, 15) is 13.2 Å². The summed E-state index contributed by atoms with van der Waals surface area (Å²) in [6.07, 6.45) is 1.34. The molecule has 1 heterocycles. The van der Waals surface area contributed by atoms with Gasteiger partial charge in [0.25, 0.3) is 0 Å². The highest BCUT2D eigenvalue weighted by atomic mass is 35.5. The zero-order chi connectivity index (χ0) is 20.9. The lowest BCUT2D eigenvalue weighted by atomic mass is 9.99. The molecule has 0 spiro atoms. The lowest BCUT2D eigenvalue weighted by Gasteiger charge is -2.31. The molecule has 1 saturated heterocycles. The highest BCUT2D eigenvalue weighted by Gasteiger charge is 2.33. The molecule has 1 aliphatic rings. The molecule has 9 heteroatoms. The number of hydrogen-bond acceptors (Lipinski definition) is 4. The molecule has 2 aromatic rings. The number of thioether (sulfide) groups is 1. The molecular formula is C20H22Cl2N2O3S2. The maximum Gasteiger partial charge on any atom is 0.243 e. The van der Waals surface area contributed by atoms with Crippen LogP contribution in [0.3, 0.4) is 0 Å². The van der Waals surface area contributed by atoms with Gasteiger partial charge in [0.15, 0.2) is 0 Å². The summed E-state index contributed by atoms with van der Waals surface area (Å²) in [7, 11) is -3.63. The Labute approximate surface area is 185 Å². The van der Waals surface area contributed by atoms with Crippen molar-refractivity contribution in [2.24, 2.45) is 5.92 Å². The molecule has 156 valence electrons. The van der Waals surface area contributed by atoms with Crippen molar-refractivity contribution >= 4 is 50.9 Å². The molecule has 3 rings (SSSR count). The molecule has 1 aliphatic heterocycles. The molecule has 0 radical (unpaired) electrons. The van der Waals surface area contributed by atoms with Crippen LogP contribution in [0.25, 0.3) is 0 Å². The quantitative estimate of drug-likeness (QED) is 0.481. The number of hydrogen-bond donors (Lipinski definition) is 1. The van der Waals surface area contributed by atoms with Gasteiger partial charge in [-0.2, -0.15) is 4.31 Å². The molecule has 1 fully saturated rings. The summed E-state index contributed by atoms with van der Waals surface area (Å²) in [6.45, 7) is 1.13. The second kappa shape index (κ2) is 10.2. The minimum absolute atomic E-state index is 0.0993. The number of nitrogens with zero attached hydrogens (tertiary/aromatic N) is 1. The summed E-state index contributed by atoms with van der Waals surface area (Å²) in [5, 5.41) is 4.10. The third-order valence-electron chi connectivity index (χ3n) is 4.69. The Morgan fingerprint density at radius 2 is 1.69 bits per heavy atom. The average molecular weight is 473 g/mol. The van der Waals surface area contributed by atoms with E-state index in [0.29, 0.717) is 36.0 Å². The SMILES string of the molecule is O=C(NCCSc1ccc(Cl)cc1)[C@@H]1CCCN(S(=O)(=O)c2ccc(Cl)cc2)C1. The van der Waals surface area contributed by atoms with E-state index in [-0.39, 0.29) is 23.3 Å². The Morgan fingerprint density at radius 3 is 2.34 bits per heavy atom. The van der Waals surface area contributed by atoms with Gasteiger partial charge in [0.05, 0.1) is 10.8 Å². The van der Waals surface area contributed by atoms with E-state index in [2.05, 4.69) is 5.32 Å². The van der Waals surface area contributed by atoms with Crippen molar-refractivity contribution in [3.05, 3.63) is 58.6 Å². The number of rotatable bonds is 7. The lowest BCUT2D eigenvalue weighted by Crippen LogP contribution is -2.45. The second-order valence-corrected chi connectivity index (χ2v) is 10.7. The Morgan fingerprint density at radius 1 is 1.07 bits per heavy atom. The molecule has 0 saturated carbocycles. The van der Waals surface area contributed by atoms with Crippen molar-refractivity contribution in [1.29, 1.82) is 0 Å². The third-order valence-corrected chi connectivity index (χ3v) is 8.09. The van der Waals surface area contributed by atoms with Crippen LogP contribution >= 0.6 is 35.0 Å². The molecule has 2 aromatic carbocycles. The van der Waals surface area contributed by atoms with Crippen molar-refractivity contribution in [1.82, 2.24) is 9.62 Å². The lowest BCUT2D eigenvalue weighted by molar-refractivity contribution is -0.125. The number of halogens is 2. The number of carbonyl (C=O) groups excluding carboxylic acids is 1. The van der Waals surface area contributed by atoms with Crippen LogP contribution in [0.4, 0.5) is 0 Å². The molecule has 29 heavy (non-hydrogen) atoms. The van der Waals surface area contributed by atoms with Crippen molar-refractivity contribution < 1.29 is 13.2 Å². The maximum atomic E-state index is 12.8. The van der Waals surface area contributed by atoms with Gasteiger partial charge in [-0.25, -0.2) is 8.42 Å². The molecule has 0 unspecified atom stereocenters. The smallest absolute Gasteiger partial charge is 0.243 e. The van der Waals surface area contributed by atoms with Crippen LogP contribution in [0.15, 0.2) is 58.3 Å². The summed E-state index contributed by atoms with van der Waals surface area (Å²) >= 11 is 13.4. The molecule has 1 amide bonds. The number of amides is 1. The molecule has 0 aliphatic carbocycles. The second-order valence-electron chi connectivity index (χ2n) is 6.75. The van der Waals surface area contributed by atoms with Gasteiger partial charge in [0.1, 0.15) is 0 Å². The van der Waals surface area contributed by atoms with Crippen molar-refractivity contribution in [2.75, 3.05) is 25.4 Å². The number of piperidine rings is 1. The summed E-state index contributed by atoms with van der Waals surface area (Å²) in [6, 6.07) is 13.7. The molecule has 1 atom stereocenters. The van der Waals surface area contributed by atoms with E-state index >= 15 is 0 Å². The standard InChI is InChI=1S/C20H22Cl2N2O3S2/c21-16-3-7-18(8-4-16)28-13-11-23-20(25)15-2-1-12-24(14-15)29(26,27)19-9-5-17(22)6-10-19/h3-10,15H,1-2,11-14H2,(H,23,25)/t15-/m1/s1. The van der Waals surface area contributed by atoms with E-state index in [1.165, 1.54) is 16.4 Å². The van der Waals surface area contributed by atoms with Crippen LogP contribution < -0.4 is 5.32 Å². The van der Waals surface area contributed by atoms with E-state index in [4.69, 9.17) is 23.2 Å². The molecule has 5 nitrogen and oxygen atoms in total. The van der Waals surface area contributed by atoms with Gasteiger partial charge in [-0.1, -0.05) is 23.2 Å². The van der Waals surface area contributed by atoms with Crippen molar-refractivity contribution in [3.8, 4) is 0 Å². The molecular weight excluding hydrogens is 451 g/mol. The Bertz CT molecular complexity index is 935. The first-order valence-corrected chi connectivity index (χ1v) is 12.5.